The first kappa shape index (κ1) is 23.3. The number of hydrogen-bond acceptors (Lipinski definition) is 6. The summed E-state index contributed by atoms with van der Waals surface area (Å²) in [5.41, 5.74) is 2.15. The van der Waals surface area contributed by atoms with Crippen LogP contribution >= 0.6 is 34.5 Å². The molecule has 1 fully saturated rings. The molecule has 0 radical (unpaired) electrons. The van der Waals surface area contributed by atoms with Gasteiger partial charge in [-0.25, -0.2) is 8.42 Å². The molecule has 32 heavy (non-hydrogen) atoms. The SMILES string of the molecule is O=C([O-])c1ccc(CS(=O)(=O)CC2CN(C(c3ccc(Cl)cc3)c3ccc(Cl)cc3)C2)s1. The molecular weight excluding hydrogens is 489 g/mol. The third-order valence-electron chi connectivity index (χ3n) is 5.44. The maximum atomic E-state index is 12.7. The van der Waals surface area contributed by atoms with Crippen molar-refractivity contribution in [1.29, 1.82) is 0 Å². The number of likely N-dealkylation sites (tertiary alicyclic amines) is 1. The number of carbonyl (C=O) groups is 1. The van der Waals surface area contributed by atoms with Gasteiger partial charge < -0.3 is 9.90 Å². The van der Waals surface area contributed by atoms with Crippen LogP contribution in [0.4, 0.5) is 0 Å². The van der Waals surface area contributed by atoms with Crippen LogP contribution in [0.15, 0.2) is 60.7 Å². The van der Waals surface area contributed by atoms with Gasteiger partial charge >= 0.3 is 0 Å². The predicted molar refractivity (Wildman–Crippen MR) is 126 cm³/mol. The minimum Gasteiger partial charge on any atom is -0.544 e. The van der Waals surface area contributed by atoms with Crippen LogP contribution in [0.3, 0.4) is 0 Å². The third kappa shape index (κ3) is 5.53. The number of carbonyl (C=O) groups excluding carboxylic acids is 1. The quantitative estimate of drug-likeness (QED) is 0.458. The summed E-state index contributed by atoms with van der Waals surface area (Å²) >= 11 is 13.1. The molecule has 1 aliphatic rings. The highest BCUT2D eigenvalue weighted by molar-refractivity contribution is 7.90. The molecule has 0 amide bonds. The molecule has 0 saturated carbocycles. The standard InChI is InChI=1S/C23H21Cl2NO4S2/c24-18-5-1-16(2-6-18)22(17-3-7-19(25)8-4-17)26-11-15(12-26)13-32(29,30)14-20-9-10-21(31-20)23(27)28/h1-10,15,22H,11-14H2,(H,27,28)/p-1. The Labute approximate surface area is 201 Å². The van der Waals surface area contributed by atoms with Crippen molar-refractivity contribution in [2.45, 2.75) is 11.8 Å². The molecule has 1 aromatic heterocycles. The molecule has 4 rings (SSSR count). The minimum atomic E-state index is -3.36. The van der Waals surface area contributed by atoms with E-state index in [4.69, 9.17) is 23.2 Å². The van der Waals surface area contributed by atoms with Crippen LogP contribution < -0.4 is 5.11 Å². The number of aromatic carboxylic acids is 1. The minimum absolute atomic E-state index is 0.0164. The van der Waals surface area contributed by atoms with Crippen LogP contribution in [0, 0.1) is 5.92 Å². The van der Waals surface area contributed by atoms with Crippen molar-refractivity contribution in [2.75, 3.05) is 18.8 Å². The highest BCUT2D eigenvalue weighted by atomic mass is 35.5. The number of carboxylic acids is 1. The van der Waals surface area contributed by atoms with Crippen molar-refractivity contribution in [2.24, 2.45) is 5.92 Å². The van der Waals surface area contributed by atoms with Gasteiger partial charge in [-0.2, -0.15) is 0 Å². The van der Waals surface area contributed by atoms with E-state index in [2.05, 4.69) is 4.90 Å². The first-order chi connectivity index (χ1) is 15.2. The highest BCUT2D eigenvalue weighted by Gasteiger charge is 2.36. The van der Waals surface area contributed by atoms with Gasteiger partial charge in [-0.05, 0) is 53.4 Å². The van der Waals surface area contributed by atoms with Gasteiger partial charge in [0.25, 0.3) is 0 Å². The van der Waals surface area contributed by atoms with Crippen molar-refractivity contribution in [3.05, 3.63) is 91.6 Å². The molecule has 1 saturated heterocycles. The van der Waals surface area contributed by atoms with Crippen molar-refractivity contribution in [1.82, 2.24) is 4.90 Å². The Morgan fingerprint density at radius 3 is 1.97 bits per heavy atom. The fourth-order valence-corrected chi connectivity index (χ4v) is 7.27. The average molecular weight is 509 g/mol. The first-order valence-corrected chi connectivity index (χ1v) is 13.3. The number of halogens is 2. The van der Waals surface area contributed by atoms with Gasteiger partial charge in [-0.1, -0.05) is 47.5 Å². The number of benzene rings is 2. The van der Waals surface area contributed by atoms with Crippen LogP contribution in [0.2, 0.25) is 10.0 Å². The fraction of sp³-hybridized carbons (Fsp3) is 0.261. The molecular formula is C23H20Cl2NO4S2-. The van der Waals surface area contributed by atoms with Crippen LogP contribution in [0.25, 0.3) is 0 Å². The normalized spacial score (nSPS) is 15.1. The van der Waals surface area contributed by atoms with Crippen molar-refractivity contribution < 1.29 is 18.3 Å². The highest BCUT2D eigenvalue weighted by Crippen LogP contribution is 2.36. The van der Waals surface area contributed by atoms with Crippen LogP contribution in [-0.4, -0.2) is 38.1 Å². The van der Waals surface area contributed by atoms with E-state index >= 15 is 0 Å². The number of nitrogens with zero attached hydrogens (tertiary/aromatic N) is 1. The summed E-state index contributed by atoms with van der Waals surface area (Å²) in [4.78, 5) is 13.7. The Kier molecular flexibility index (Phi) is 6.93. The summed E-state index contributed by atoms with van der Waals surface area (Å²) in [6, 6.07) is 18.2. The fourth-order valence-electron chi connectivity index (χ4n) is 4.03. The Bertz CT molecular complexity index is 1160. The number of thiophene rings is 1. The Balaban J connectivity index is 1.44. The lowest BCUT2D eigenvalue weighted by atomic mass is 9.91. The Morgan fingerprint density at radius 1 is 0.969 bits per heavy atom. The molecule has 0 atom stereocenters. The predicted octanol–water partition coefficient (Wildman–Crippen LogP) is 4.05. The van der Waals surface area contributed by atoms with E-state index in [-0.39, 0.29) is 28.3 Å². The van der Waals surface area contributed by atoms with Gasteiger partial charge in [-0.15, -0.1) is 11.3 Å². The van der Waals surface area contributed by atoms with Gasteiger partial charge in [0.05, 0.1) is 28.4 Å². The second-order valence-corrected chi connectivity index (χ2v) is 12.1. The number of sulfone groups is 1. The van der Waals surface area contributed by atoms with Crippen LogP contribution in [-0.2, 0) is 15.6 Å². The molecule has 0 bridgehead atoms. The lowest BCUT2D eigenvalue weighted by molar-refractivity contribution is -0.254. The maximum Gasteiger partial charge on any atom is 0.155 e. The zero-order chi connectivity index (χ0) is 22.9. The molecule has 5 nitrogen and oxygen atoms in total. The van der Waals surface area contributed by atoms with Crippen molar-refractivity contribution in [3.8, 4) is 0 Å². The second kappa shape index (κ2) is 9.53. The van der Waals surface area contributed by atoms with E-state index in [1.54, 1.807) is 0 Å². The zero-order valence-corrected chi connectivity index (χ0v) is 20.1. The van der Waals surface area contributed by atoms with E-state index in [1.807, 2.05) is 48.5 Å². The van der Waals surface area contributed by atoms with Crippen molar-refractivity contribution in [3.63, 3.8) is 0 Å². The summed E-state index contributed by atoms with van der Waals surface area (Å²) < 4.78 is 25.3. The van der Waals surface area contributed by atoms with E-state index in [0.717, 1.165) is 22.5 Å². The number of rotatable bonds is 8. The van der Waals surface area contributed by atoms with E-state index < -0.39 is 15.8 Å². The molecule has 9 heteroatoms. The molecule has 0 spiro atoms. The van der Waals surface area contributed by atoms with Gasteiger partial charge in [0.1, 0.15) is 0 Å². The molecule has 0 N–H and O–H groups in total. The maximum absolute atomic E-state index is 12.7. The average Bonchev–Trinajstić information content (AvgIpc) is 3.17. The van der Waals surface area contributed by atoms with Gasteiger partial charge in [-0.3, -0.25) is 4.90 Å². The lowest BCUT2D eigenvalue weighted by Gasteiger charge is -2.44. The largest absolute Gasteiger partial charge is 0.544 e. The van der Waals surface area contributed by atoms with Gasteiger partial charge in [0, 0.05) is 28.0 Å². The second-order valence-electron chi connectivity index (χ2n) is 7.93. The summed E-state index contributed by atoms with van der Waals surface area (Å²) in [6.45, 7) is 1.29. The molecule has 3 aromatic rings. The van der Waals surface area contributed by atoms with Gasteiger partial charge in [0.2, 0.25) is 0 Å². The monoisotopic (exact) mass is 508 g/mol. The van der Waals surface area contributed by atoms with Crippen molar-refractivity contribution >= 4 is 50.3 Å². The van der Waals surface area contributed by atoms with Crippen LogP contribution in [0.1, 0.15) is 31.7 Å². The molecule has 168 valence electrons. The molecule has 2 aromatic carbocycles. The molecule has 0 unspecified atom stereocenters. The summed E-state index contributed by atoms with van der Waals surface area (Å²) in [5.74, 6) is -1.36. The zero-order valence-electron chi connectivity index (χ0n) is 16.9. The molecule has 0 aliphatic carbocycles. The van der Waals surface area contributed by atoms with E-state index in [1.165, 1.54) is 12.1 Å². The summed E-state index contributed by atoms with van der Waals surface area (Å²) in [7, 11) is -3.36. The number of hydrogen-bond donors (Lipinski definition) is 0. The Morgan fingerprint density at radius 2 is 1.50 bits per heavy atom. The molecule has 2 heterocycles. The third-order valence-corrected chi connectivity index (χ3v) is 8.92. The first-order valence-electron chi connectivity index (χ1n) is 9.95. The van der Waals surface area contributed by atoms with Crippen LogP contribution in [0.5, 0.6) is 0 Å². The van der Waals surface area contributed by atoms with E-state index in [0.29, 0.717) is 28.0 Å². The topological polar surface area (TPSA) is 77.5 Å². The number of carboxylic acid groups (broad SMARTS) is 1. The lowest BCUT2D eigenvalue weighted by Crippen LogP contribution is -2.51. The summed E-state index contributed by atoms with van der Waals surface area (Å²) in [6.07, 6.45) is 0. The Hall–Kier alpha value is -1.90. The summed E-state index contributed by atoms with van der Waals surface area (Å²) in [5, 5.41) is 12.2. The smallest absolute Gasteiger partial charge is 0.155 e. The molecule has 1 aliphatic heterocycles. The van der Waals surface area contributed by atoms with Gasteiger partial charge in [0.15, 0.2) is 9.84 Å². The van der Waals surface area contributed by atoms with E-state index in [9.17, 15) is 18.3 Å².